The largest absolute Gasteiger partial charge is 0.396 e. The van der Waals surface area contributed by atoms with E-state index in [0.717, 1.165) is 12.8 Å². The van der Waals surface area contributed by atoms with Crippen LogP contribution in [0.25, 0.3) is 0 Å². The fourth-order valence-electron chi connectivity index (χ4n) is 1.57. The maximum Gasteiger partial charge on any atom is 0.264 e. The predicted octanol–water partition coefficient (Wildman–Crippen LogP) is 4.56. The zero-order valence-electron chi connectivity index (χ0n) is 10.6. The average molecular weight is 255 g/mol. The van der Waals surface area contributed by atoms with Gasteiger partial charge in [0.05, 0.1) is 6.21 Å². The van der Waals surface area contributed by atoms with E-state index >= 15 is 0 Å². The van der Waals surface area contributed by atoms with Crippen LogP contribution in [0.2, 0.25) is 0 Å². The van der Waals surface area contributed by atoms with Crippen LogP contribution in [-0.4, -0.2) is 12.8 Å². The molecule has 1 aromatic carbocycles. The number of benzene rings is 1. The van der Waals surface area contributed by atoms with Crippen molar-refractivity contribution in [3.8, 4) is 0 Å². The van der Waals surface area contributed by atoms with Gasteiger partial charge >= 0.3 is 0 Å². The Labute approximate surface area is 107 Å². The molecule has 0 N–H and O–H groups in total. The van der Waals surface area contributed by atoms with Gasteiger partial charge in [0.25, 0.3) is 6.43 Å². The molecule has 0 unspecified atom stereocenters. The summed E-state index contributed by atoms with van der Waals surface area (Å²) in [5.74, 6) is 0. The minimum absolute atomic E-state index is 0.0177. The first-order valence-electron chi connectivity index (χ1n) is 6.28. The first-order valence-corrected chi connectivity index (χ1v) is 6.28. The Hall–Kier alpha value is -1.45. The molecule has 0 saturated heterocycles. The third-order valence-corrected chi connectivity index (χ3v) is 2.59. The molecule has 0 aromatic heterocycles. The Balaban J connectivity index is 2.37. The van der Waals surface area contributed by atoms with Crippen LogP contribution < -0.4 is 0 Å². The molecule has 0 spiro atoms. The lowest BCUT2D eigenvalue weighted by molar-refractivity contribution is 0.140. The molecule has 1 aromatic rings. The van der Waals surface area contributed by atoms with Crippen LogP contribution in [0, 0.1) is 0 Å². The summed E-state index contributed by atoms with van der Waals surface area (Å²) in [5.41, 5.74) is 0.386. The second-order valence-electron chi connectivity index (χ2n) is 4.06. The lowest BCUT2D eigenvalue weighted by Gasteiger charge is -2.03. The lowest BCUT2D eigenvalue weighted by Crippen LogP contribution is -1.94. The van der Waals surface area contributed by atoms with Gasteiger partial charge in [0, 0.05) is 11.1 Å². The van der Waals surface area contributed by atoms with Crippen molar-refractivity contribution in [3.05, 3.63) is 35.4 Å². The van der Waals surface area contributed by atoms with Crippen molar-refractivity contribution in [2.75, 3.05) is 6.61 Å². The number of unbranched alkanes of at least 4 members (excludes halogenated alkanes) is 3. The van der Waals surface area contributed by atoms with Crippen LogP contribution in [0.5, 0.6) is 0 Å². The van der Waals surface area contributed by atoms with Crippen LogP contribution in [0.15, 0.2) is 29.4 Å². The molecule has 0 heterocycles. The number of nitrogens with zero attached hydrogens (tertiary/aromatic N) is 1. The normalized spacial score (nSPS) is 11.3. The van der Waals surface area contributed by atoms with E-state index in [9.17, 15) is 8.78 Å². The highest BCUT2D eigenvalue weighted by molar-refractivity contribution is 5.81. The maximum atomic E-state index is 12.6. The van der Waals surface area contributed by atoms with E-state index in [-0.39, 0.29) is 5.56 Å². The van der Waals surface area contributed by atoms with Gasteiger partial charge in [-0.3, -0.25) is 0 Å². The lowest BCUT2D eigenvalue weighted by atomic mass is 10.1. The molecule has 2 nitrogen and oxygen atoms in total. The third kappa shape index (κ3) is 5.25. The topological polar surface area (TPSA) is 21.6 Å². The summed E-state index contributed by atoms with van der Waals surface area (Å²) in [6.45, 7) is 2.67. The van der Waals surface area contributed by atoms with Gasteiger partial charge in [-0.15, -0.1) is 0 Å². The highest BCUT2D eigenvalue weighted by atomic mass is 19.3. The van der Waals surface area contributed by atoms with Crippen LogP contribution >= 0.6 is 0 Å². The van der Waals surface area contributed by atoms with Gasteiger partial charge in [-0.25, -0.2) is 8.78 Å². The third-order valence-electron chi connectivity index (χ3n) is 2.59. The van der Waals surface area contributed by atoms with Crippen molar-refractivity contribution in [3.63, 3.8) is 0 Å². The Kier molecular flexibility index (Phi) is 6.99. The molecule has 18 heavy (non-hydrogen) atoms. The Bertz CT molecular complexity index is 367. The summed E-state index contributed by atoms with van der Waals surface area (Å²) in [6, 6.07) is 6.29. The summed E-state index contributed by atoms with van der Waals surface area (Å²) < 4.78 is 25.3. The number of oxime groups is 1. The van der Waals surface area contributed by atoms with Gasteiger partial charge in [-0.1, -0.05) is 49.2 Å². The minimum atomic E-state index is -2.49. The van der Waals surface area contributed by atoms with Crippen LogP contribution in [0.4, 0.5) is 8.78 Å². The number of halogens is 2. The van der Waals surface area contributed by atoms with Crippen molar-refractivity contribution >= 4 is 6.21 Å². The molecule has 0 aliphatic rings. The van der Waals surface area contributed by atoms with E-state index in [0.29, 0.717) is 12.2 Å². The summed E-state index contributed by atoms with van der Waals surface area (Å²) in [5, 5.41) is 3.72. The van der Waals surface area contributed by atoms with Crippen molar-refractivity contribution < 1.29 is 13.6 Å². The second kappa shape index (κ2) is 8.61. The van der Waals surface area contributed by atoms with Crippen LogP contribution in [0.3, 0.4) is 0 Å². The van der Waals surface area contributed by atoms with E-state index in [2.05, 4.69) is 12.1 Å². The first kappa shape index (κ1) is 14.6. The molecule has 1 rings (SSSR count). The fourth-order valence-corrected chi connectivity index (χ4v) is 1.57. The van der Waals surface area contributed by atoms with Crippen molar-refractivity contribution in [2.45, 2.75) is 39.0 Å². The molecule has 0 saturated carbocycles. The highest BCUT2D eigenvalue weighted by Crippen LogP contribution is 2.21. The number of hydrogen-bond donors (Lipinski definition) is 0. The molecule has 0 bridgehead atoms. The summed E-state index contributed by atoms with van der Waals surface area (Å²) in [6.07, 6.45) is 3.27. The fraction of sp³-hybridized carbons (Fsp3) is 0.500. The summed E-state index contributed by atoms with van der Waals surface area (Å²) in [7, 11) is 0. The highest BCUT2D eigenvalue weighted by Gasteiger charge is 2.10. The Morgan fingerprint density at radius 2 is 2.00 bits per heavy atom. The van der Waals surface area contributed by atoms with Crippen molar-refractivity contribution in [2.24, 2.45) is 5.16 Å². The molecule has 100 valence electrons. The molecular weight excluding hydrogens is 236 g/mol. The van der Waals surface area contributed by atoms with E-state index in [1.54, 1.807) is 18.2 Å². The molecular formula is C14H19F2NO. The molecule has 0 aliphatic carbocycles. The van der Waals surface area contributed by atoms with Gasteiger partial charge in [-0.2, -0.15) is 0 Å². The second-order valence-corrected chi connectivity index (χ2v) is 4.06. The first-order chi connectivity index (χ1) is 8.75. The Morgan fingerprint density at radius 1 is 1.22 bits per heavy atom. The molecule has 0 radical (unpaired) electrons. The van der Waals surface area contributed by atoms with Gasteiger partial charge in [-0.05, 0) is 12.8 Å². The zero-order chi connectivity index (χ0) is 13.2. The number of rotatable bonds is 8. The quantitative estimate of drug-likeness (QED) is 0.379. The molecule has 4 heteroatoms. The predicted molar refractivity (Wildman–Crippen MR) is 69.1 cm³/mol. The van der Waals surface area contributed by atoms with Crippen molar-refractivity contribution in [1.29, 1.82) is 0 Å². The molecule has 0 amide bonds. The van der Waals surface area contributed by atoms with Crippen LogP contribution in [-0.2, 0) is 4.84 Å². The standard InChI is InChI=1S/C14H19F2NO/c1-2-3-4-7-10-18-17-11-12-8-5-6-9-13(12)14(15)16/h5-6,8-9,11,14H,2-4,7,10H2,1H3. The maximum absolute atomic E-state index is 12.6. The van der Waals surface area contributed by atoms with Gasteiger partial charge in [0.1, 0.15) is 6.61 Å². The van der Waals surface area contributed by atoms with E-state index < -0.39 is 6.43 Å². The van der Waals surface area contributed by atoms with Gasteiger partial charge in [0.2, 0.25) is 0 Å². The number of alkyl halides is 2. The van der Waals surface area contributed by atoms with Gasteiger partial charge in [0.15, 0.2) is 0 Å². The SMILES string of the molecule is CCCCCCON=Cc1ccccc1C(F)F. The summed E-state index contributed by atoms with van der Waals surface area (Å²) in [4.78, 5) is 5.04. The van der Waals surface area contributed by atoms with E-state index in [4.69, 9.17) is 4.84 Å². The Morgan fingerprint density at radius 3 is 2.72 bits per heavy atom. The minimum Gasteiger partial charge on any atom is -0.396 e. The monoisotopic (exact) mass is 255 g/mol. The zero-order valence-corrected chi connectivity index (χ0v) is 10.6. The summed E-state index contributed by atoms with van der Waals surface area (Å²) >= 11 is 0. The number of hydrogen-bond acceptors (Lipinski definition) is 2. The molecule has 0 fully saturated rings. The molecule has 0 aliphatic heterocycles. The van der Waals surface area contributed by atoms with E-state index in [1.807, 2.05) is 0 Å². The smallest absolute Gasteiger partial charge is 0.264 e. The van der Waals surface area contributed by atoms with Gasteiger partial charge < -0.3 is 4.84 Å². The average Bonchev–Trinajstić information content (AvgIpc) is 2.38. The molecule has 0 atom stereocenters. The van der Waals surface area contributed by atoms with Crippen molar-refractivity contribution in [1.82, 2.24) is 0 Å². The van der Waals surface area contributed by atoms with Crippen LogP contribution in [0.1, 0.15) is 50.2 Å². The van der Waals surface area contributed by atoms with E-state index in [1.165, 1.54) is 25.1 Å².